The van der Waals surface area contributed by atoms with Crippen molar-refractivity contribution >= 4 is 22.6 Å². The van der Waals surface area contributed by atoms with E-state index in [4.69, 9.17) is 5.10 Å². The second-order valence-electron chi connectivity index (χ2n) is 10.5. The van der Waals surface area contributed by atoms with Crippen LogP contribution in [0.15, 0.2) is 67.1 Å². The fourth-order valence-corrected chi connectivity index (χ4v) is 5.79. The van der Waals surface area contributed by atoms with Crippen LogP contribution < -0.4 is 5.32 Å². The van der Waals surface area contributed by atoms with Gasteiger partial charge in [-0.25, -0.2) is 14.4 Å². The third kappa shape index (κ3) is 3.91. The number of aromatic nitrogens is 5. The van der Waals surface area contributed by atoms with Crippen LogP contribution >= 0.6 is 0 Å². The minimum Gasteiger partial charge on any atom is -0.349 e. The Bertz CT molecular complexity index is 1690. The van der Waals surface area contributed by atoms with Crippen LogP contribution in [0.4, 0.5) is 4.39 Å². The maximum Gasteiger partial charge on any atom is 0.254 e. The zero-order valence-corrected chi connectivity index (χ0v) is 20.9. The van der Waals surface area contributed by atoms with Gasteiger partial charge in [-0.3, -0.25) is 9.78 Å². The Labute approximate surface area is 219 Å². The van der Waals surface area contributed by atoms with Crippen LogP contribution in [0.3, 0.4) is 0 Å². The van der Waals surface area contributed by atoms with Gasteiger partial charge in [-0.2, -0.15) is 9.61 Å². The molecule has 0 unspecified atom stereocenters. The van der Waals surface area contributed by atoms with Crippen molar-refractivity contribution in [3.63, 3.8) is 0 Å². The lowest BCUT2D eigenvalue weighted by Gasteiger charge is -2.22. The summed E-state index contributed by atoms with van der Waals surface area (Å²) in [4.78, 5) is 26.2. The van der Waals surface area contributed by atoms with Gasteiger partial charge in [0.25, 0.3) is 11.7 Å². The van der Waals surface area contributed by atoms with Crippen molar-refractivity contribution in [2.24, 2.45) is 0 Å². The minimum absolute atomic E-state index is 0.0550. The maximum atomic E-state index is 15.1. The quantitative estimate of drug-likeness (QED) is 0.334. The van der Waals surface area contributed by atoms with Crippen LogP contribution in [0.1, 0.15) is 66.6 Å². The smallest absolute Gasteiger partial charge is 0.254 e. The Morgan fingerprint density at radius 3 is 2.63 bits per heavy atom. The van der Waals surface area contributed by atoms with E-state index in [0.29, 0.717) is 17.0 Å². The minimum atomic E-state index is -0.563. The number of hydrogen-bond donors (Lipinski definition) is 1. The SMILES string of the molecule is O=C(NC1CCCCC1)c1ccc(-c2cnc3ncc(C4(c5ccc6ncccc6c5)CC4)n3n2)cc1F. The van der Waals surface area contributed by atoms with Crippen molar-refractivity contribution in [3.8, 4) is 11.3 Å². The molecule has 1 N–H and O–H groups in total. The molecule has 1 amide bonds. The molecule has 5 aromatic rings. The van der Waals surface area contributed by atoms with Gasteiger partial charge >= 0.3 is 0 Å². The predicted molar refractivity (Wildman–Crippen MR) is 142 cm³/mol. The first-order valence-electron chi connectivity index (χ1n) is 13.3. The highest BCUT2D eigenvalue weighted by atomic mass is 19.1. The maximum absolute atomic E-state index is 15.1. The Morgan fingerprint density at radius 1 is 0.974 bits per heavy atom. The van der Waals surface area contributed by atoms with E-state index in [-0.39, 0.29) is 22.9 Å². The number of rotatable bonds is 5. The van der Waals surface area contributed by atoms with E-state index in [1.165, 1.54) is 24.1 Å². The zero-order chi connectivity index (χ0) is 25.7. The molecule has 38 heavy (non-hydrogen) atoms. The molecule has 3 aromatic heterocycles. The first kappa shape index (κ1) is 23.0. The van der Waals surface area contributed by atoms with Crippen molar-refractivity contribution < 1.29 is 9.18 Å². The molecule has 7 nitrogen and oxygen atoms in total. The van der Waals surface area contributed by atoms with Crippen LogP contribution in [0.25, 0.3) is 27.9 Å². The van der Waals surface area contributed by atoms with Gasteiger partial charge in [-0.05, 0) is 61.6 Å². The molecular formula is C30H27FN6O. The lowest BCUT2D eigenvalue weighted by Crippen LogP contribution is -2.36. The van der Waals surface area contributed by atoms with Gasteiger partial charge in [-0.15, -0.1) is 0 Å². The van der Waals surface area contributed by atoms with Crippen LogP contribution in [-0.2, 0) is 5.41 Å². The summed E-state index contributed by atoms with van der Waals surface area (Å²) < 4.78 is 16.9. The molecule has 7 rings (SSSR count). The van der Waals surface area contributed by atoms with Gasteiger partial charge in [0.05, 0.1) is 29.2 Å². The van der Waals surface area contributed by atoms with Gasteiger partial charge < -0.3 is 5.32 Å². The number of nitrogens with zero attached hydrogens (tertiary/aromatic N) is 5. The molecule has 3 heterocycles. The molecule has 190 valence electrons. The van der Waals surface area contributed by atoms with E-state index in [0.717, 1.165) is 55.1 Å². The number of amides is 1. The number of imidazole rings is 1. The summed E-state index contributed by atoms with van der Waals surface area (Å²) in [5.74, 6) is -0.422. The molecular weight excluding hydrogens is 479 g/mol. The first-order chi connectivity index (χ1) is 18.6. The highest BCUT2D eigenvalue weighted by Crippen LogP contribution is 2.53. The van der Waals surface area contributed by atoms with Crippen molar-refractivity contribution in [1.29, 1.82) is 0 Å². The van der Waals surface area contributed by atoms with E-state index in [1.807, 2.05) is 12.3 Å². The standard InChI is InChI=1S/C30H27FN6O/c31-24-16-20(8-10-23(24)28(38)35-22-6-2-1-3-7-22)26-17-33-29-34-18-27(37(29)36-26)30(12-13-30)21-9-11-25-19(15-21)5-4-14-32-25/h4-5,8-11,14-18,22H,1-3,6-7,12-13H2,(H,35,38). The number of benzene rings is 2. The van der Waals surface area contributed by atoms with Gasteiger partial charge in [0.15, 0.2) is 0 Å². The summed E-state index contributed by atoms with van der Waals surface area (Å²) in [6, 6.07) is 15.2. The Kier molecular flexibility index (Phi) is 5.42. The molecule has 2 saturated carbocycles. The summed E-state index contributed by atoms with van der Waals surface area (Å²) >= 11 is 0. The first-order valence-corrected chi connectivity index (χ1v) is 13.3. The van der Waals surface area contributed by atoms with Gasteiger partial charge in [0.2, 0.25) is 0 Å². The van der Waals surface area contributed by atoms with E-state index < -0.39 is 5.82 Å². The van der Waals surface area contributed by atoms with Crippen LogP contribution in [0.2, 0.25) is 0 Å². The third-order valence-corrected chi connectivity index (χ3v) is 8.08. The van der Waals surface area contributed by atoms with Crippen LogP contribution in [0, 0.1) is 5.82 Å². The van der Waals surface area contributed by atoms with Crippen LogP contribution in [-0.4, -0.2) is 36.5 Å². The third-order valence-electron chi connectivity index (χ3n) is 8.08. The summed E-state index contributed by atoms with van der Waals surface area (Å²) in [5.41, 5.74) is 4.08. The Balaban J connectivity index is 1.20. The van der Waals surface area contributed by atoms with E-state index >= 15 is 4.39 Å². The second-order valence-corrected chi connectivity index (χ2v) is 10.5. The highest BCUT2D eigenvalue weighted by Gasteiger charge is 2.48. The number of nitrogens with one attached hydrogen (secondary N) is 1. The fourth-order valence-electron chi connectivity index (χ4n) is 5.79. The van der Waals surface area contributed by atoms with Gasteiger partial charge in [0, 0.05) is 28.6 Å². The number of halogens is 1. The molecule has 0 saturated heterocycles. The van der Waals surface area contributed by atoms with Gasteiger partial charge in [0.1, 0.15) is 11.5 Å². The number of carbonyl (C=O) groups is 1. The Morgan fingerprint density at radius 2 is 1.82 bits per heavy atom. The fraction of sp³-hybridized carbons (Fsp3) is 0.300. The summed E-state index contributed by atoms with van der Waals surface area (Å²) in [6.07, 6.45) is 12.5. The molecule has 0 aliphatic heterocycles. The largest absolute Gasteiger partial charge is 0.349 e. The predicted octanol–water partition coefficient (Wildman–Crippen LogP) is 5.62. The lowest BCUT2D eigenvalue weighted by atomic mass is 9.91. The number of carbonyl (C=O) groups excluding carboxylic acids is 1. The molecule has 2 aliphatic rings. The average Bonchev–Trinajstić information content (AvgIpc) is 3.65. The molecule has 0 bridgehead atoms. The van der Waals surface area contributed by atoms with Crippen molar-refractivity contribution in [2.75, 3.05) is 0 Å². The molecule has 2 aliphatic carbocycles. The molecule has 0 spiro atoms. The molecule has 0 atom stereocenters. The Hall–Kier alpha value is -4.20. The number of pyridine rings is 1. The summed E-state index contributed by atoms with van der Waals surface area (Å²) in [6.45, 7) is 0. The van der Waals surface area contributed by atoms with Gasteiger partial charge in [-0.1, -0.05) is 37.5 Å². The number of hydrogen-bond acceptors (Lipinski definition) is 5. The molecule has 8 heteroatoms. The van der Waals surface area contributed by atoms with Crippen molar-refractivity contribution in [3.05, 3.63) is 89.8 Å². The van der Waals surface area contributed by atoms with Crippen molar-refractivity contribution in [2.45, 2.75) is 56.4 Å². The van der Waals surface area contributed by atoms with E-state index in [9.17, 15) is 4.79 Å². The molecule has 2 fully saturated rings. The van der Waals surface area contributed by atoms with Crippen molar-refractivity contribution in [1.82, 2.24) is 29.9 Å². The molecule has 2 aromatic carbocycles. The van der Waals surface area contributed by atoms with Crippen LogP contribution in [0.5, 0.6) is 0 Å². The highest BCUT2D eigenvalue weighted by molar-refractivity contribution is 5.95. The monoisotopic (exact) mass is 506 g/mol. The number of fused-ring (bicyclic) bond motifs is 2. The van der Waals surface area contributed by atoms with E-state index in [2.05, 4.69) is 44.5 Å². The second kappa shape index (κ2) is 8.97. The summed E-state index contributed by atoms with van der Waals surface area (Å²) in [5, 5.41) is 8.91. The normalized spacial score (nSPS) is 17.1. The molecule has 0 radical (unpaired) electrons. The zero-order valence-electron chi connectivity index (χ0n) is 20.9. The lowest BCUT2D eigenvalue weighted by molar-refractivity contribution is 0.0923. The average molecular weight is 507 g/mol. The topological polar surface area (TPSA) is 85.1 Å². The van der Waals surface area contributed by atoms with E-state index in [1.54, 1.807) is 23.0 Å². The summed E-state index contributed by atoms with van der Waals surface area (Å²) in [7, 11) is 0.